The van der Waals surface area contributed by atoms with Gasteiger partial charge in [0.2, 0.25) is 5.88 Å². The molecule has 6 nitrogen and oxygen atoms in total. The first kappa shape index (κ1) is 18.9. The second-order valence-corrected chi connectivity index (χ2v) is 6.92. The van der Waals surface area contributed by atoms with Gasteiger partial charge in [-0.25, -0.2) is 13.6 Å². The van der Waals surface area contributed by atoms with Gasteiger partial charge in [0.05, 0.1) is 0 Å². The van der Waals surface area contributed by atoms with Gasteiger partial charge < -0.3 is 14.4 Å². The maximum absolute atomic E-state index is 14.3. The highest BCUT2D eigenvalue weighted by molar-refractivity contribution is 5.45. The smallest absolute Gasteiger partial charge is 0.352 e. The standard InChI is InChI=1S/C21H19F2N3O3/c1-13-11-26-20(25(13)2)10-19(24-21(26)27)28-12-14-3-8-18(17(23)9-14)29-16-6-4-15(22)5-7-16/h3-10,13H,11-12H2,1-2H3. The summed E-state index contributed by atoms with van der Waals surface area (Å²) in [4.78, 5) is 18.1. The number of fused-ring (bicyclic) bond motifs is 1. The molecule has 1 aliphatic rings. The number of halogens is 2. The fraction of sp³-hybridized carbons (Fsp3) is 0.238. The van der Waals surface area contributed by atoms with Crippen LogP contribution in [0.4, 0.5) is 14.6 Å². The van der Waals surface area contributed by atoms with Crippen LogP contribution in [0.2, 0.25) is 0 Å². The van der Waals surface area contributed by atoms with Crippen LogP contribution in [0.3, 0.4) is 0 Å². The van der Waals surface area contributed by atoms with Gasteiger partial charge in [-0.15, -0.1) is 0 Å². The van der Waals surface area contributed by atoms with E-state index in [0.717, 1.165) is 5.82 Å². The number of nitrogens with zero attached hydrogens (tertiary/aromatic N) is 3. The molecule has 1 atom stereocenters. The summed E-state index contributed by atoms with van der Waals surface area (Å²) in [6, 6.07) is 11.6. The monoisotopic (exact) mass is 399 g/mol. The Morgan fingerprint density at radius 2 is 1.90 bits per heavy atom. The molecule has 0 bridgehead atoms. The van der Waals surface area contributed by atoms with Gasteiger partial charge >= 0.3 is 5.69 Å². The summed E-state index contributed by atoms with van der Waals surface area (Å²) >= 11 is 0. The zero-order valence-corrected chi connectivity index (χ0v) is 15.9. The van der Waals surface area contributed by atoms with E-state index in [-0.39, 0.29) is 30.0 Å². The van der Waals surface area contributed by atoms with Gasteiger partial charge in [0, 0.05) is 25.7 Å². The third-order valence-electron chi connectivity index (χ3n) is 4.86. The van der Waals surface area contributed by atoms with Crippen molar-refractivity contribution in [3.8, 4) is 17.4 Å². The molecule has 8 heteroatoms. The Morgan fingerprint density at radius 3 is 2.62 bits per heavy atom. The minimum atomic E-state index is -0.578. The lowest BCUT2D eigenvalue weighted by Crippen LogP contribution is -2.23. The molecule has 1 aliphatic heterocycles. The van der Waals surface area contributed by atoms with Crippen LogP contribution in [-0.2, 0) is 13.2 Å². The molecule has 0 N–H and O–H groups in total. The van der Waals surface area contributed by atoms with Crippen molar-refractivity contribution in [2.45, 2.75) is 26.1 Å². The highest BCUT2D eigenvalue weighted by Gasteiger charge is 2.25. The number of anilines is 1. The Morgan fingerprint density at radius 1 is 1.14 bits per heavy atom. The van der Waals surface area contributed by atoms with Gasteiger partial charge in [-0.2, -0.15) is 4.98 Å². The molecule has 0 saturated carbocycles. The van der Waals surface area contributed by atoms with E-state index in [1.165, 1.54) is 36.4 Å². The Kier molecular flexibility index (Phi) is 4.92. The lowest BCUT2D eigenvalue weighted by atomic mass is 10.2. The third kappa shape index (κ3) is 3.91. The first-order valence-electron chi connectivity index (χ1n) is 9.10. The van der Waals surface area contributed by atoms with Gasteiger partial charge in [-0.05, 0) is 48.9 Å². The van der Waals surface area contributed by atoms with E-state index >= 15 is 0 Å². The SMILES string of the molecule is CC1Cn2c(cc(OCc3ccc(Oc4ccc(F)cc4)c(F)c3)nc2=O)N1C. The average Bonchev–Trinajstić information content (AvgIpc) is 2.99. The summed E-state index contributed by atoms with van der Waals surface area (Å²) in [7, 11) is 1.90. The summed E-state index contributed by atoms with van der Waals surface area (Å²) in [6.07, 6.45) is 0. The van der Waals surface area contributed by atoms with Crippen LogP contribution >= 0.6 is 0 Å². The van der Waals surface area contributed by atoms with Crippen LogP contribution in [-0.4, -0.2) is 22.6 Å². The second kappa shape index (κ2) is 7.54. The molecule has 0 amide bonds. The van der Waals surface area contributed by atoms with E-state index in [9.17, 15) is 13.6 Å². The van der Waals surface area contributed by atoms with Crippen molar-refractivity contribution >= 4 is 5.82 Å². The second-order valence-electron chi connectivity index (χ2n) is 6.92. The lowest BCUT2D eigenvalue weighted by Gasteiger charge is -2.16. The van der Waals surface area contributed by atoms with E-state index in [4.69, 9.17) is 9.47 Å². The van der Waals surface area contributed by atoms with Crippen molar-refractivity contribution in [1.82, 2.24) is 9.55 Å². The lowest BCUT2D eigenvalue weighted by molar-refractivity contribution is 0.290. The summed E-state index contributed by atoms with van der Waals surface area (Å²) in [5.41, 5.74) is 0.181. The normalized spacial score (nSPS) is 15.3. The van der Waals surface area contributed by atoms with Gasteiger partial charge in [0.1, 0.15) is 24.0 Å². The minimum absolute atomic E-state index is 0.0184. The number of aromatic nitrogens is 2. The van der Waals surface area contributed by atoms with Gasteiger partial charge in [0.15, 0.2) is 11.6 Å². The Balaban J connectivity index is 1.46. The minimum Gasteiger partial charge on any atom is -0.473 e. The Hall–Kier alpha value is -3.42. The van der Waals surface area contributed by atoms with Gasteiger partial charge in [0.25, 0.3) is 0 Å². The quantitative estimate of drug-likeness (QED) is 0.654. The molecule has 0 radical (unpaired) electrons. The van der Waals surface area contributed by atoms with E-state index in [1.807, 2.05) is 18.9 Å². The van der Waals surface area contributed by atoms with Crippen LogP contribution in [0.25, 0.3) is 0 Å². The largest absolute Gasteiger partial charge is 0.473 e. The molecule has 3 aromatic rings. The number of likely N-dealkylation sites (N-methyl/N-ethyl adjacent to an activating group) is 1. The predicted molar refractivity (Wildman–Crippen MR) is 104 cm³/mol. The number of hydrogen-bond acceptors (Lipinski definition) is 5. The summed E-state index contributed by atoms with van der Waals surface area (Å²) in [6.45, 7) is 2.65. The molecule has 1 unspecified atom stereocenters. The van der Waals surface area contributed by atoms with Crippen molar-refractivity contribution < 1.29 is 18.3 Å². The molecule has 2 aromatic carbocycles. The Labute approximate surface area is 165 Å². The highest BCUT2D eigenvalue weighted by atomic mass is 19.1. The predicted octanol–water partition coefficient (Wildman–Crippen LogP) is 3.73. The maximum Gasteiger partial charge on any atom is 0.352 e. The molecular formula is C21H19F2N3O3. The summed E-state index contributed by atoms with van der Waals surface area (Å²) in [5, 5.41) is 0. The van der Waals surface area contributed by atoms with Crippen LogP contribution < -0.4 is 20.1 Å². The highest BCUT2D eigenvalue weighted by Crippen LogP contribution is 2.27. The first-order chi connectivity index (χ1) is 13.9. The van der Waals surface area contributed by atoms with Crippen molar-refractivity contribution in [3.63, 3.8) is 0 Å². The van der Waals surface area contributed by atoms with Crippen LogP contribution in [0.1, 0.15) is 12.5 Å². The first-order valence-corrected chi connectivity index (χ1v) is 9.10. The summed E-state index contributed by atoms with van der Waals surface area (Å²) in [5.74, 6) is 0.299. The van der Waals surface area contributed by atoms with Crippen LogP contribution in [0.15, 0.2) is 53.3 Å². The molecule has 0 spiro atoms. The Bertz CT molecular complexity index is 1100. The molecule has 2 heterocycles. The van der Waals surface area contributed by atoms with E-state index in [0.29, 0.717) is 17.9 Å². The molecule has 29 heavy (non-hydrogen) atoms. The van der Waals surface area contributed by atoms with E-state index in [2.05, 4.69) is 4.98 Å². The molecule has 0 fully saturated rings. The fourth-order valence-corrected chi connectivity index (χ4v) is 3.13. The van der Waals surface area contributed by atoms with Crippen molar-refractivity contribution in [3.05, 3.63) is 76.2 Å². The summed E-state index contributed by atoms with van der Waals surface area (Å²) < 4.78 is 39.9. The number of benzene rings is 2. The van der Waals surface area contributed by atoms with Crippen molar-refractivity contribution in [2.24, 2.45) is 0 Å². The number of rotatable bonds is 5. The van der Waals surface area contributed by atoms with E-state index < -0.39 is 11.6 Å². The van der Waals surface area contributed by atoms with Gasteiger partial charge in [-0.3, -0.25) is 4.57 Å². The molecule has 1 aromatic heterocycles. The third-order valence-corrected chi connectivity index (χ3v) is 4.86. The molecule has 0 aliphatic carbocycles. The number of hydrogen-bond donors (Lipinski definition) is 0. The topological polar surface area (TPSA) is 56.6 Å². The molecular weight excluding hydrogens is 380 g/mol. The van der Waals surface area contributed by atoms with E-state index in [1.54, 1.807) is 16.7 Å². The van der Waals surface area contributed by atoms with Crippen molar-refractivity contribution in [2.75, 3.05) is 11.9 Å². The van der Waals surface area contributed by atoms with Crippen LogP contribution in [0.5, 0.6) is 17.4 Å². The maximum atomic E-state index is 14.3. The molecule has 150 valence electrons. The van der Waals surface area contributed by atoms with Crippen molar-refractivity contribution in [1.29, 1.82) is 0 Å². The van der Waals surface area contributed by atoms with Crippen LogP contribution in [0, 0.1) is 11.6 Å². The zero-order valence-electron chi connectivity index (χ0n) is 15.9. The fourth-order valence-electron chi connectivity index (χ4n) is 3.13. The molecule has 0 saturated heterocycles. The van der Waals surface area contributed by atoms with Gasteiger partial charge in [-0.1, -0.05) is 6.07 Å². The molecule has 4 rings (SSSR count). The zero-order chi connectivity index (χ0) is 20.5. The average molecular weight is 399 g/mol. The number of ether oxygens (including phenoxy) is 2.